The van der Waals surface area contributed by atoms with E-state index in [1.165, 1.54) is 0 Å². The van der Waals surface area contributed by atoms with Gasteiger partial charge >= 0.3 is 0 Å². The highest BCUT2D eigenvalue weighted by Gasteiger charge is 2.23. The van der Waals surface area contributed by atoms with E-state index >= 15 is 0 Å². The summed E-state index contributed by atoms with van der Waals surface area (Å²) in [5.74, 6) is 1.19. The minimum absolute atomic E-state index is 0.253. The number of nitrogens with zero attached hydrogens (tertiary/aromatic N) is 3. The smallest absolute Gasteiger partial charge is 0.222 e. The predicted octanol–water partition coefficient (Wildman–Crippen LogP) is 1.25. The standard InChI is InChI=1S/C13H20N4O/c1-2-13(18)17-7-3-4-10(9-17)8-11-5-6-12(14)16-15-11/h5-6,10H,2-4,7-9H2,1H3,(H2,14,16). The van der Waals surface area contributed by atoms with E-state index in [2.05, 4.69) is 10.2 Å². The van der Waals surface area contributed by atoms with Crippen LogP contribution >= 0.6 is 0 Å². The third-order valence-corrected chi connectivity index (χ3v) is 3.41. The lowest BCUT2D eigenvalue weighted by atomic mass is 9.93. The van der Waals surface area contributed by atoms with Crippen molar-refractivity contribution in [2.75, 3.05) is 18.8 Å². The van der Waals surface area contributed by atoms with Gasteiger partial charge in [-0.3, -0.25) is 4.79 Å². The fourth-order valence-electron chi connectivity index (χ4n) is 2.46. The average Bonchev–Trinajstić information content (AvgIpc) is 2.41. The molecule has 5 heteroatoms. The Kier molecular flexibility index (Phi) is 4.12. The van der Waals surface area contributed by atoms with Crippen LogP contribution in [0.3, 0.4) is 0 Å². The first-order valence-corrected chi connectivity index (χ1v) is 6.55. The summed E-state index contributed by atoms with van der Waals surface area (Å²) >= 11 is 0. The largest absolute Gasteiger partial charge is 0.382 e. The van der Waals surface area contributed by atoms with E-state index in [1.807, 2.05) is 17.9 Å². The molecule has 0 aliphatic carbocycles. The molecule has 18 heavy (non-hydrogen) atoms. The first kappa shape index (κ1) is 12.8. The second kappa shape index (κ2) is 5.80. The van der Waals surface area contributed by atoms with Crippen molar-refractivity contribution in [3.63, 3.8) is 0 Å². The van der Waals surface area contributed by atoms with Gasteiger partial charge in [-0.15, -0.1) is 5.10 Å². The molecule has 1 aliphatic rings. The van der Waals surface area contributed by atoms with E-state index in [9.17, 15) is 4.79 Å². The molecule has 1 aromatic rings. The zero-order chi connectivity index (χ0) is 13.0. The first-order chi connectivity index (χ1) is 8.69. The van der Waals surface area contributed by atoms with Crippen molar-refractivity contribution >= 4 is 11.7 Å². The van der Waals surface area contributed by atoms with E-state index in [4.69, 9.17) is 5.73 Å². The summed E-state index contributed by atoms with van der Waals surface area (Å²) in [6.07, 6.45) is 3.70. The molecule has 1 amide bonds. The van der Waals surface area contributed by atoms with Crippen LogP contribution in [0, 0.1) is 5.92 Å². The number of carbonyl (C=O) groups excluding carboxylic acids is 1. The normalized spacial score (nSPS) is 19.8. The fraction of sp³-hybridized carbons (Fsp3) is 0.615. The minimum Gasteiger partial charge on any atom is -0.382 e. The third-order valence-electron chi connectivity index (χ3n) is 3.41. The Balaban J connectivity index is 1.93. The van der Waals surface area contributed by atoms with Crippen molar-refractivity contribution in [1.29, 1.82) is 0 Å². The molecule has 1 aliphatic heterocycles. The number of likely N-dealkylation sites (tertiary alicyclic amines) is 1. The Morgan fingerprint density at radius 2 is 2.33 bits per heavy atom. The quantitative estimate of drug-likeness (QED) is 0.873. The van der Waals surface area contributed by atoms with Crippen LogP contribution < -0.4 is 5.73 Å². The summed E-state index contributed by atoms with van der Waals surface area (Å²) in [5.41, 5.74) is 6.47. The van der Waals surface area contributed by atoms with Gasteiger partial charge < -0.3 is 10.6 Å². The Morgan fingerprint density at radius 3 is 3.00 bits per heavy atom. The topological polar surface area (TPSA) is 72.1 Å². The number of hydrogen-bond donors (Lipinski definition) is 1. The van der Waals surface area contributed by atoms with E-state index in [0.717, 1.165) is 38.0 Å². The summed E-state index contributed by atoms with van der Waals surface area (Å²) in [6, 6.07) is 3.70. The van der Waals surface area contributed by atoms with Gasteiger partial charge in [-0.05, 0) is 37.3 Å². The number of aromatic nitrogens is 2. The number of hydrogen-bond acceptors (Lipinski definition) is 4. The maximum atomic E-state index is 11.7. The van der Waals surface area contributed by atoms with E-state index < -0.39 is 0 Å². The molecular formula is C13H20N4O. The Bertz CT molecular complexity index is 404. The molecule has 1 unspecified atom stereocenters. The van der Waals surface area contributed by atoms with Crippen LogP contribution in [0.4, 0.5) is 5.82 Å². The number of piperidine rings is 1. The molecule has 1 aromatic heterocycles. The summed E-state index contributed by atoms with van der Waals surface area (Å²) in [4.78, 5) is 13.7. The summed E-state index contributed by atoms with van der Waals surface area (Å²) in [5, 5.41) is 7.95. The molecule has 1 saturated heterocycles. The van der Waals surface area contributed by atoms with Gasteiger partial charge in [0.25, 0.3) is 0 Å². The molecule has 0 saturated carbocycles. The van der Waals surface area contributed by atoms with Crippen molar-refractivity contribution in [1.82, 2.24) is 15.1 Å². The monoisotopic (exact) mass is 248 g/mol. The third kappa shape index (κ3) is 3.18. The molecule has 1 fully saturated rings. The highest BCUT2D eigenvalue weighted by atomic mass is 16.2. The highest BCUT2D eigenvalue weighted by molar-refractivity contribution is 5.75. The molecule has 5 nitrogen and oxygen atoms in total. The molecule has 0 aromatic carbocycles. The highest BCUT2D eigenvalue weighted by Crippen LogP contribution is 2.20. The molecule has 1 atom stereocenters. The van der Waals surface area contributed by atoms with Crippen molar-refractivity contribution in [2.24, 2.45) is 5.92 Å². The number of carbonyl (C=O) groups is 1. The van der Waals surface area contributed by atoms with Crippen molar-refractivity contribution < 1.29 is 4.79 Å². The van der Waals surface area contributed by atoms with Gasteiger partial charge in [0.15, 0.2) is 0 Å². The maximum absolute atomic E-state index is 11.7. The average molecular weight is 248 g/mol. The van der Waals surface area contributed by atoms with Gasteiger partial charge in [0.2, 0.25) is 5.91 Å². The van der Waals surface area contributed by atoms with Gasteiger partial charge in [-0.2, -0.15) is 5.10 Å². The van der Waals surface area contributed by atoms with Gasteiger partial charge in [0.1, 0.15) is 5.82 Å². The lowest BCUT2D eigenvalue weighted by Gasteiger charge is -2.32. The second-order valence-electron chi connectivity index (χ2n) is 4.86. The zero-order valence-electron chi connectivity index (χ0n) is 10.8. The lowest BCUT2D eigenvalue weighted by molar-refractivity contribution is -0.132. The lowest BCUT2D eigenvalue weighted by Crippen LogP contribution is -2.40. The predicted molar refractivity (Wildman–Crippen MR) is 69.7 cm³/mol. The number of rotatable bonds is 3. The molecular weight excluding hydrogens is 228 g/mol. The molecule has 2 N–H and O–H groups in total. The number of amides is 1. The van der Waals surface area contributed by atoms with Crippen molar-refractivity contribution in [2.45, 2.75) is 32.6 Å². The molecule has 2 heterocycles. The van der Waals surface area contributed by atoms with Gasteiger partial charge in [-0.25, -0.2) is 0 Å². The summed E-state index contributed by atoms with van der Waals surface area (Å²) in [7, 11) is 0. The number of nitrogen functional groups attached to an aromatic ring is 1. The van der Waals surface area contributed by atoms with E-state index in [1.54, 1.807) is 6.07 Å². The Morgan fingerprint density at radius 1 is 1.50 bits per heavy atom. The number of anilines is 1. The Labute approximate surface area is 107 Å². The van der Waals surface area contributed by atoms with Crippen LogP contribution in [-0.2, 0) is 11.2 Å². The molecule has 2 rings (SSSR count). The van der Waals surface area contributed by atoms with Crippen LogP contribution in [-0.4, -0.2) is 34.1 Å². The van der Waals surface area contributed by atoms with Crippen LogP contribution in [0.2, 0.25) is 0 Å². The molecule has 98 valence electrons. The molecule has 0 radical (unpaired) electrons. The van der Waals surface area contributed by atoms with Crippen LogP contribution in [0.25, 0.3) is 0 Å². The van der Waals surface area contributed by atoms with Crippen LogP contribution in [0.1, 0.15) is 31.9 Å². The van der Waals surface area contributed by atoms with Crippen LogP contribution in [0.15, 0.2) is 12.1 Å². The minimum atomic E-state index is 0.253. The Hall–Kier alpha value is -1.65. The molecule has 0 bridgehead atoms. The van der Waals surface area contributed by atoms with Gasteiger partial charge in [0, 0.05) is 19.5 Å². The molecule has 0 spiro atoms. The second-order valence-corrected chi connectivity index (χ2v) is 4.86. The van der Waals surface area contributed by atoms with Crippen LogP contribution in [0.5, 0.6) is 0 Å². The van der Waals surface area contributed by atoms with Crippen molar-refractivity contribution in [3.05, 3.63) is 17.8 Å². The van der Waals surface area contributed by atoms with Gasteiger partial charge in [0.05, 0.1) is 5.69 Å². The van der Waals surface area contributed by atoms with E-state index in [-0.39, 0.29) is 5.91 Å². The summed E-state index contributed by atoms with van der Waals surface area (Å²) < 4.78 is 0. The van der Waals surface area contributed by atoms with Gasteiger partial charge in [-0.1, -0.05) is 6.92 Å². The van der Waals surface area contributed by atoms with Crippen molar-refractivity contribution in [3.8, 4) is 0 Å². The number of nitrogens with two attached hydrogens (primary N) is 1. The zero-order valence-corrected chi connectivity index (χ0v) is 10.8. The summed E-state index contributed by atoms with van der Waals surface area (Å²) in [6.45, 7) is 3.66. The SMILES string of the molecule is CCC(=O)N1CCCC(Cc2ccc(N)nn2)C1. The fourth-order valence-corrected chi connectivity index (χ4v) is 2.46. The first-order valence-electron chi connectivity index (χ1n) is 6.55. The maximum Gasteiger partial charge on any atom is 0.222 e. The van der Waals surface area contributed by atoms with E-state index in [0.29, 0.717) is 18.2 Å².